The van der Waals surface area contributed by atoms with Crippen LogP contribution in [0.2, 0.25) is 0 Å². The van der Waals surface area contributed by atoms with Gasteiger partial charge < -0.3 is 14.2 Å². The van der Waals surface area contributed by atoms with Gasteiger partial charge in [-0.3, -0.25) is 4.79 Å². The summed E-state index contributed by atoms with van der Waals surface area (Å²) in [5.74, 6) is 1.16. The smallest absolute Gasteiger partial charge is 0.264 e. The van der Waals surface area contributed by atoms with Crippen LogP contribution in [0, 0.1) is 13.8 Å². The van der Waals surface area contributed by atoms with E-state index in [9.17, 15) is 13.2 Å². The van der Waals surface area contributed by atoms with Crippen molar-refractivity contribution in [1.82, 2.24) is 25.1 Å². The van der Waals surface area contributed by atoms with Crippen LogP contribution < -0.4 is 10.0 Å². The van der Waals surface area contributed by atoms with E-state index in [1.54, 1.807) is 50.4 Å². The van der Waals surface area contributed by atoms with Gasteiger partial charge in [-0.2, -0.15) is 0 Å². The van der Waals surface area contributed by atoms with Crippen molar-refractivity contribution in [1.29, 1.82) is 0 Å². The zero-order chi connectivity index (χ0) is 28.1. The minimum Gasteiger partial charge on any atom is -0.463 e. The predicted molar refractivity (Wildman–Crippen MR) is 148 cm³/mol. The van der Waals surface area contributed by atoms with Crippen LogP contribution in [0.4, 0.5) is 11.6 Å². The first-order valence-corrected chi connectivity index (χ1v) is 14.4. The van der Waals surface area contributed by atoms with Crippen LogP contribution in [0.25, 0.3) is 22.9 Å². The Kier molecular flexibility index (Phi) is 7.89. The Balaban J connectivity index is 1.17. The molecular formula is C26H23N7O5S2. The van der Waals surface area contributed by atoms with E-state index in [0.29, 0.717) is 50.9 Å². The number of nitrogens with one attached hydrogen (secondary N) is 2. The molecule has 2 N–H and O–H groups in total. The molecule has 5 rings (SSSR count). The van der Waals surface area contributed by atoms with Gasteiger partial charge in [0.2, 0.25) is 17.0 Å². The number of carbonyl (C=O) groups is 1. The molecule has 204 valence electrons. The summed E-state index contributed by atoms with van der Waals surface area (Å²) in [6, 6.07) is 14.6. The Morgan fingerprint density at radius 2 is 1.52 bits per heavy atom. The molecule has 0 unspecified atom stereocenters. The molecule has 0 atom stereocenters. The third kappa shape index (κ3) is 6.52. The van der Waals surface area contributed by atoms with Gasteiger partial charge in [-0.05, 0) is 68.4 Å². The van der Waals surface area contributed by atoms with Crippen LogP contribution in [0.15, 0.2) is 86.0 Å². The van der Waals surface area contributed by atoms with Crippen LogP contribution in [0.5, 0.6) is 0 Å². The first-order valence-electron chi connectivity index (χ1n) is 12.0. The average Bonchev–Trinajstić information content (AvgIpc) is 3.63. The minimum atomic E-state index is -3.90. The van der Waals surface area contributed by atoms with Crippen molar-refractivity contribution in [2.24, 2.45) is 0 Å². The van der Waals surface area contributed by atoms with E-state index in [2.05, 4.69) is 35.2 Å². The van der Waals surface area contributed by atoms with Crippen LogP contribution in [0.3, 0.4) is 0 Å². The molecule has 0 aliphatic heterocycles. The van der Waals surface area contributed by atoms with Gasteiger partial charge in [0.25, 0.3) is 10.0 Å². The highest BCUT2D eigenvalue weighted by Gasteiger charge is 2.19. The second-order valence-corrected chi connectivity index (χ2v) is 11.2. The number of rotatable bonds is 10. The first-order chi connectivity index (χ1) is 19.3. The molecule has 14 heteroatoms. The zero-order valence-electron chi connectivity index (χ0n) is 21.4. The normalized spacial score (nSPS) is 11.3. The summed E-state index contributed by atoms with van der Waals surface area (Å²) >= 11 is 1.27. The molecule has 1 aromatic carbocycles. The van der Waals surface area contributed by atoms with Crippen molar-refractivity contribution in [3.63, 3.8) is 0 Å². The van der Waals surface area contributed by atoms with Gasteiger partial charge >= 0.3 is 0 Å². The fourth-order valence-electron chi connectivity index (χ4n) is 3.66. The molecule has 0 aliphatic carbocycles. The maximum absolute atomic E-state index is 12.7. The van der Waals surface area contributed by atoms with Crippen molar-refractivity contribution in [3.05, 3.63) is 78.5 Å². The van der Waals surface area contributed by atoms with E-state index in [1.807, 2.05) is 0 Å². The third-order valence-electron chi connectivity index (χ3n) is 5.39. The predicted octanol–water partition coefficient (Wildman–Crippen LogP) is 4.72. The van der Waals surface area contributed by atoms with E-state index >= 15 is 0 Å². The van der Waals surface area contributed by atoms with E-state index < -0.39 is 10.0 Å². The summed E-state index contributed by atoms with van der Waals surface area (Å²) in [5, 5.41) is 11.5. The number of thioether (sulfide) groups is 1. The van der Waals surface area contributed by atoms with E-state index in [0.717, 1.165) is 0 Å². The van der Waals surface area contributed by atoms with E-state index in [4.69, 9.17) is 8.83 Å². The molecule has 0 fully saturated rings. The van der Waals surface area contributed by atoms with Gasteiger partial charge in [0.05, 0.1) is 17.4 Å². The number of hydrogen-bond donors (Lipinski definition) is 2. The summed E-state index contributed by atoms with van der Waals surface area (Å²) in [6.45, 7) is 3.51. The Bertz CT molecular complexity index is 1700. The van der Waals surface area contributed by atoms with E-state index in [-0.39, 0.29) is 23.2 Å². The quantitative estimate of drug-likeness (QED) is 0.220. The van der Waals surface area contributed by atoms with Gasteiger partial charge in [-0.1, -0.05) is 11.8 Å². The van der Waals surface area contributed by atoms with Crippen molar-refractivity contribution in [2.45, 2.75) is 30.3 Å². The second kappa shape index (κ2) is 11.7. The number of sulfonamides is 1. The molecule has 40 heavy (non-hydrogen) atoms. The molecule has 4 aromatic heterocycles. The van der Waals surface area contributed by atoms with Crippen LogP contribution in [-0.2, 0) is 14.8 Å². The van der Waals surface area contributed by atoms with Gasteiger partial charge in [0.15, 0.2) is 17.2 Å². The number of nitrogens with zero attached hydrogens (tertiary/aromatic N) is 5. The summed E-state index contributed by atoms with van der Waals surface area (Å²) in [6.07, 6.45) is 3.24. The fraction of sp³-hybridized carbons (Fsp3) is 0.154. The molecule has 0 aliphatic rings. The lowest BCUT2D eigenvalue weighted by Gasteiger charge is -2.09. The Morgan fingerprint density at radius 3 is 2.15 bits per heavy atom. The second-order valence-electron chi connectivity index (χ2n) is 8.50. The van der Waals surface area contributed by atoms with Crippen molar-refractivity contribution < 1.29 is 22.0 Å². The van der Waals surface area contributed by atoms with Crippen molar-refractivity contribution in [2.75, 3.05) is 15.8 Å². The van der Waals surface area contributed by atoms with Gasteiger partial charge in [0.1, 0.15) is 5.69 Å². The topological polar surface area (TPSA) is 166 Å². The number of furan rings is 2. The van der Waals surface area contributed by atoms with Crippen molar-refractivity contribution >= 4 is 39.3 Å². The molecule has 5 aromatic rings. The number of aryl methyl sites for hydroxylation is 2. The van der Waals surface area contributed by atoms with Gasteiger partial charge in [-0.25, -0.2) is 28.1 Å². The molecule has 0 saturated carbocycles. The number of amides is 1. The lowest BCUT2D eigenvalue weighted by molar-refractivity contribution is -0.115. The highest BCUT2D eigenvalue weighted by molar-refractivity contribution is 7.99. The lowest BCUT2D eigenvalue weighted by Crippen LogP contribution is -2.16. The monoisotopic (exact) mass is 577 g/mol. The molecule has 0 saturated heterocycles. The number of benzene rings is 1. The van der Waals surface area contributed by atoms with Crippen molar-refractivity contribution in [3.8, 4) is 22.9 Å². The van der Waals surface area contributed by atoms with Gasteiger partial charge in [-0.15, -0.1) is 10.2 Å². The van der Waals surface area contributed by atoms with Gasteiger partial charge in [0, 0.05) is 29.2 Å². The third-order valence-corrected chi connectivity index (χ3v) is 7.58. The molecule has 0 spiro atoms. The SMILES string of the molecule is Cc1cc(C)nc(NS(=O)(=O)c2ccc(NC(=O)CCSc3nnc(-c4ccco4)c(-c4ccco4)n3)cc2)n1. The Hall–Kier alpha value is -4.56. The average molecular weight is 578 g/mol. The molecular weight excluding hydrogens is 554 g/mol. The summed E-state index contributed by atoms with van der Waals surface area (Å²) in [7, 11) is -3.90. The standard InChI is InChI=1S/C26H23N7O5S2/c1-16-15-17(2)28-25(27-16)33-40(35,36)19-9-7-18(8-10-19)29-22(34)11-14-39-26-30-23(20-5-3-12-37-20)24(31-32-26)21-6-4-13-38-21/h3-10,12-13,15H,11,14H2,1-2H3,(H,29,34)(H,27,28,33). The fourth-order valence-corrected chi connectivity index (χ4v) is 5.33. The van der Waals surface area contributed by atoms with Crippen LogP contribution in [-0.4, -0.2) is 45.2 Å². The summed E-state index contributed by atoms with van der Waals surface area (Å²) in [4.78, 5) is 25.3. The Morgan fingerprint density at radius 1 is 0.875 bits per heavy atom. The highest BCUT2D eigenvalue weighted by Crippen LogP contribution is 2.30. The Labute approximate surface area is 233 Å². The molecule has 1 amide bonds. The summed E-state index contributed by atoms with van der Waals surface area (Å²) in [5.41, 5.74) is 2.68. The molecule has 0 bridgehead atoms. The van der Waals surface area contributed by atoms with Crippen LogP contribution >= 0.6 is 11.8 Å². The molecule has 0 radical (unpaired) electrons. The van der Waals surface area contributed by atoms with E-state index in [1.165, 1.54) is 42.3 Å². The maximum atomic E-state index is 12.7. The number of hydrogen-bond acceptors (Lipinski definition) is 11. The summed E-state index contributed by atoms with van der Waals surface area (Å²) < 4.78 is 38.7. The maximum Gasteiger partial charge on any atom is 0.264 e. The lowest BCUT2D eigenvalue weighted by atomic mass is 10.2. The molecule has 12 nitrogen and oxygen atoms in total. The van der Waals surface area contributed by atoms with Crippen LogP contribution in [0.1, 0.15) is 17.8 Å². The largest absolute Gasteiger partial charge is 0.463 e. The number of anilines is 2. The molecule has 4 heterocycles. The first kappa shape index (κ1) is 27.0. The zero-order valence-corrected chi connectivity index (χ0v) is 23.0. The highest BCUT2D eigenvalue weighted by atomic mass is 32.2. The number of aromatic nitrogens is 5. The minimum absolute atomic E-state index is 0.00144. The number of carbonyl (C=O) groups excluding carboxylic acids is 1.